The molecule has 0 radical (unpaired) electrons. The molecule has 2 nitrogen and oxygen atoms in total. The summed E-state index contributed by atoms with van der Waals surface area (Å²) in [7, 11) is 1.68. The molecule has 0 spiro atoms. The molecule has 0 N–H and O–H groups in total. The molecule has 0 unspecified atom stereocenters. The van der Waals surface area contributed by atoms with Crippen LogP contribution in [0.4, 0.5) is 0 Å². The maximum Gasteiger partial charge on any atom is 0.124 e. The minimum absolute atomic E-state index is 0.880. The number of hydrogen-bond donors (Lipinski definition) is 0. The third kappa shape index (κ3) is 3.16. The predicted octanol–water partition coefficient (Wildman–Crippen LogP) is 6.12. The molecule has 0 saturated heterocycles. The third-order valence-corrected chi connectivity index (χ3v) is 5.79. The van der Waals surface area contributed by atoms with Crippen LogP contribution in [0.15, 0.2) is 82.6 Å². The van der Waals surface area contributed by atoms with Crippen LogP contribution in [0.1, 0.15) is 0 Å². The molecule has 4 rings (SSSR count). The van der Waals surface area contributed by atoms with E-state index in [0.29, 0.717) is 0 Å². The highest BCUT2D eigenvalue weighted by atomic mass is 32.2. The average molecular weight is 349 g/mol. The Labute approximate surface area is 149 Å². The molecule has 0 aliphatic heterocycles. The number of rotatable bonds is 4. The molecule has 3 aromatic carbocycles. The van der Waals surface area contributed by atoms with Gasteiger partial charge in [-0.15, -0.1) is 11.3 Å². The molecule has 0 fully saturated rings. The lowest BCUT2D eigenvalue weighted by Gasteiger charge is -2.04. The second-order valence-electron chi connectivity index (χ2n) is 5.29. The number of para-hydroxylation sites is 1. The minimum atomic E-state index is 0.880. The Morgan fingerprint density at radius 2 is 1.50 bits per heavy atom. The summed E-state index contributed by atoms with van der Waals surface area (Å²) in [4.78, 5) is 7.12. The molecule has 0 amide bonds. The molecule has 0 aliphatic rings. The van der Waals surface area contributed by atoms with Crippen molar-refractivity contribution >= 4 is 33.3 Å². The summed E-state index contributed by atoms with van der Waals surface area (Å²) in [6.07, 6.45) is 0. The van der Waals surface area contributed by atoms with E-state index < -0.39 is 0 Å². The van der Waals surface area contributed by atoms with Crippen molar-refractivity contribution < 1.29 is 4.74 Å². The van der Waals surface area contributed by atoms with E-state index >= 15 is 0 Å². The molecule has 4 heteroatoms. The average Bonchev–Trinajstić information content (AvgIpc) is 3.07. The number of fused-ring (bicyclic) bond motifs is 1. The van der Waals surface area contributed by atoms with Gasteiger partial charge in [0, 0.05) is 15.4 Å². The van der Waals surface area contributed by atoms with Gasteiger partial charge in [0.1, 0.15) is 10.8 Å². The molecule has 1 aromatic heterocycles. The summed E-state index contributed by atoms with van der Waals surface area (Å²) >= 11 is 3.48. The van der Waals surface area contributed by atoms with Crippen molar-refractivity contribution in [2.75, 3.05) is 7.11 Å². The van der Waals surface area contributed by atoms with E-state index in [9.17, 15) is 0 Å². The van der Waals surface area contributed by atoms with Gasteiger partial charge < -0.3 is 4.74 Å². The summed E-state index contributed by atoms with van der Waals surface area (Å²) in [6, 6.07) is 25.0. The number of aromatic nitrogens is 1. The molecule has 4 aromatic rings. The molecule has 0 bridgehead atoms. The second-order valence-corrected chi connectivity index (χ2v) is 7.47. The van der Waals surface area contributed by atoms with Crippen LogP contribution in [0.3, 0.4) is 0 Å². The molecular weight excluding hydrogens is 334 g/mol. The summed E-state index contributed by atoms with van der Waals surface area (Å²) < 4.78 is 6.42. The van der Waals surface area contributed by atoms with Gasteiger partial charge in [0.2, 0.25) is 0 Å². The van der Waals surface area contributed by atoms with Gasteiger partial charge in [0.05, 0.1) is 17.3 Å². The zero-order chi connectivity index (χ0) is 16.4. The molecule has 0 atom stereocenters. The van der Waals surface area contributed by atoms with Crippen LogP contribution < -0.4 is 4.74 Å². The standard InChI is InChI=1S/C20H15NOS2/c1-22-15-8-12-17(13-9-15)23-16-10-6-14(7-11-16)20-21-18-4-2-3-5-19(18)24-20/h2-13H,1H3. The Morgan fingerprint density at radius 1 is 0.833 bits per heavy atom. The Bertz CT molecular complexity index is 926. The van der Waals surface area contributed by atoms with Crippen molar-refractivity contribution in [1.82, 2.24) is 4.98 Å². The fraction of sp³-hybridized carbons (Fsp3) is 0.0500. The lowest BCUT2D eigenvalue weighted by Crippen LogP contribution is -1.81. The maximum atomic E-state index is 5.19. The van der Waals surface area contributed by atoms with Crippen molar-refractivity contribution in [3.8, 4) is 16.3 Å². The number of methoxy groups -OCH3 is 1. The Morgan fingerprint density at radius 3 is 2.17 bits per heavy atom. The first-order chi connectivity index (χ1) is 11.8. The molecule has 0 aliphatic carbocycles. The van der Waals surface area contributed by atoms with Gasteiger partial charge in [-0.3, -0.25) is 0 Å². The zero-order valence-electron chi connectivity index (χ0n) is 13.1. The topological polar surface area (TPSA) is 22.1 Å². The van der Waals surface area contributed by atoms with Crippen LogP contribution in [-0.2, 0) is 0 Å². The van der Waals surface area contributed by atoms with Crippen molar-refractivity contribution in [2.24, 2.45) is 0 Å². The van der Waals surface area contributed by atoms with Crippen molar-refractivity contribution in [3.63, 3.8) is 0 Å². The van der Waals surface area contributed by atoms with E-state index in [1.54, 1.807) is 30.2 Å². The van der Waals surface area contributed by atoms with Crippen LogP contribution in [0, 0.1) is 0 Å². The van der Waals surface area contributed by atoms with Gasteiger partial charge in [0.25, 0.3) is 0 Å². The first kappa shape index (κ1) is 15.2. The van der Waals surface area contributed by atoms with Crippen LogP contribution in [0.25, 0.3) is 20.8 Å². The number of hydrogen-bond acceptors (Lipinski definition) is 4. The normalized spacial score (nSPS) is 10.9. The zero-order valence-corrected chi connectivity index (χ0v) is 14.7. The largest absolute Gasteiger partial charge is 0.497 e. The molecule has 118 valence electrons. The van der Waals surface area contributed by atoms with Crippen LogP contribution in [0.5, 0.6) is 5.75 Å². The Hall–Kier alpha value is -2.30. The van der Waals surface area contributed by atoms with E-state index in [0.717, 1.165) is 21.8 Å². The van der Waals surface area contributed by atoms with Crippen LogP contribution >= 0.6 is 23.1 Å². The van der Waals surface area contributed by atoms with Gasteiger partial charge in [-0.25, -0.2) is 4.98 Å². The van der Waals surface area contributed by atoms with Crippen molar-refractivity contribution in [3.05, 3.63) is 72.8 Å². The second kappa shape index (κ2) is 6.67. The van der Waals surface area contributed by atoms with Gasteiger partial charge >= 0.3 is 0 Å². The van der Waals surface area contributed by atoms with Gasteiger partial charge in [-0.2, -0.15) is 0 Å². The van der Waals surface area contributed by atoms with E-state index in [2.05, 4.69) is 54.6 Å². The van der Waals surface area contributed by atoms with E-state index in [1.807, 2.05) is 18.2 Å². The maximum absolute atomic E-state index is 5.19. The summed E-state index contributed by atoms with van der Waals surface area (Å²) in [5.74, 6) is 0.880. The minimum Gasteiger partial charge on any atom is -0.497 e. The van der Waals surface area contributed by atoms with Gasteiger partial charge in [-0.05, 0) is 48.5 Å². The quantitative estimate of drug-likeness (QED) is 0.443. The van der Waals surface area contributed by atoms with Gasteiger partial charge in [-0.1, -0.05) is 36.0 Å². The lowest BCUT2D eigenvalue weighted by molar-refractivity contribution is 0.414. The van der Waals surface area contributed by atoms with Gasteiger partial charge in [0.15, 0.2) is 0 Å². The molecule has 24 heavy (non-hydrogen) atoms. The monoisotopic (exact) mass is 349 g/mol. The number of nitrogens with zero attached hydrogens (tertiary/aromatic N) is 1. The Balaban J connectivity index is 1.55. The number of thiazole rings is 1. The van der Waals surface area contributed by atoms with Crippen molar-refractivity contribution in [2.45, 2.75) is 9.79 Å². The fourth-order valence-electron chi connectivity index (χ4n) is 2.44. The SMILES string of the molecule is COc1ccc(Sc2ccc(-c3nc4ccccc4s3)cc2)cc1. The van der Waals surface area contributed by atoms with E-state index in [1.165, 1.54) is 14.5 Å². The molecule has 1 heterocycles. The van der Waals surface area contributed by atoms with Crippen molar-refractivity contribution in [1.29, 1.82) is 0 Å². The highest BCUT2D eigenvalue weighted by Crippen LogP contribution is 2.33. The van der Waals surface area contributed by atoms with E-state index in [4.69, 9.17) is 9.72 Å². The van der Waals surface area contributed by atoms with Crippen LogP contribution in [-0.4, -0.2) is 12.1 Å². The third-order valence-electron chi connectivity index (χ3n) is 3.69. The molecule has 0 saturated carbocycles. The lowest BCUT2D eigenvalue weighted by atomic mass is 10.2. The summed E-state index contributed by atoms with van der Waals surface area (Å²) in [5, 5.41) is 1.07. The molecular formula is C20H15NOS2. The Kier molecular flexibility index (Phi) is 4.24. The fourth-order valence-corrected chi connectivity index (χ4v) is 4.23. The highest BCUT2D eigenvalue weighted by Gasteiger charge is 2.06. The number of benzene rings is 3. The first-order valence-corrected chi connectivity index (χ1v) is 9.23. The summed E-state index contributed by atoms with van der Waals surface area (Å²) in [5.41, 5.74) is 2.23. The summed E-state index contributed by atoms with van der Waals surface area (Å²) in [6.45, 7) is 0. The number of ether oxygens (including phenoxy) is 1. The van der Waals surface area contributed by atoms with E-state index in [-0.39, 0.29) is 0 Å². The predicted molar refractivity (Wildman–Crippen MR) is 102 cm³/mol. The first-order valence-electron chi connectivity index (χ1n) is 7.60. The highest BCUT2D eigenvalue weighted by molar-refractivity contribution is 7.99. The van der Waals surface area contributed by atoms with Crippen LogP contribution in [0.2, 0.25) is 0 Å². The smallest absolute Gasteiger partial charge is 0.124 e.